The summed E-state index contributed by atoms with van der Waals surface area (Å²) in [5.74, 6) is -1.08. The molecule has 6 nitrogen and oxygen atoms in total. The number of hydrogen-bond donors (Lipinski definition) is 2. The number of rotatable bonds is 3. The van der Waals surface area contributed by atoms with E-state index < -0.39 is 18.1 Å². The summed E-state index contributed by atoms with van der Waals surface area (Å²) in [4.78, 5) is 26.3. The summed E-state index contributed by atoms with van der Waals surface area (Å²) in [6.07, 6.45) is -0.693. The molecule has 0 radical (unpaired) electrons. The molecule has 2 N–H and O–H groups in total. The second-order valence-corrected chi connectivity index (χ2v) is 5.46. The van der Waals surface area contributed by atoms with Gasteiger partial charge in [-0.25, -0.2) is 9.59 Å². The van der Waals surface area contributed by atoms with E-state index in [9.17, 15) is 14.7 Å². The maximum Gasteiger partial charge on any atom is 0.326 e. The molecule has 1 heterocycles. The van der Waals surface area contributed by atoms with Crippen molar-refractivity contribution in [3.05, 3.63) is 35.4 Å². The van der Waals surface area contributed by atoms with Gasteiger partial charge < -0.3 is 20.0 Å². The van der Waals surface area contributed by atoms with E-state index >= 15 is 0 Å². The van der Waals surface area contributed by atoms with Crippen LogP contribution < -0.4 is 0 Å². The number of aliphatic hydroxyl groups is 1. The minimum absolute atomic E-state index is 0.0634. The SMILES string of the molecule is Cc1ccccc1CN(C)C(=O)N1C[C@H](O)C[C@@H]1C(=O)O. The third-order valence-corrected chi connectivity index (χ3v) is 3.81. The van der Waals surface area contributed by atoms with Crippen molar-refractivity contribution in [1.29, 1.82) is 0 Å². The van der Waals surface area contributed by atoms with Crippen molar-refractivity contribution in [3.8, 4) is 0 Å². The van der Waals surface area contributed by atoms with Crippen LogP contribution in [-0.2, 0) is 11.3 Å². The van der Waals surface area contributed by atoms with Gasteiger partial charge in [-0.3, -0.25) is 0 Å². The van der Waals surface area contributed by atoms with E-state index in [4.69, 9.17) is 5.11 Å². The third kappa shape index (κ3) is 3.33. The van der Waals surface area contributed by atoms with Gasteiger partial charge in [0.1, 0.15) is 6.04 Å². The Balaban J connectivity index is 2.08. The van der Waals surface area contributed by atoms with Crippen LogP contribution in [-0.4, -0.2) is 57.8 Å². The van der Waals surface area contributed by atoms with Gasteiger partial charge in [-0.2, -0.15) is 0 Å². The lowest BCUT2D eigenvalue weighted by atomic mass is 10.1. The number of likely N-dealkylation sites (tertiary alicyclic amines) is 1. The Kier molecular flexibility index (Phi) is 4.47. The lowest BCUT2D eigenvalue weighted by molar-refractivity contribution is -0.141. The van der Waals surface area contributed by atoms with Gasteiger partial charge in [0.15, 0.2) is 0 Å². The third-order valence-electron chi connectivity index (χ3n) is 3.81. The number of carboxylic acids is 1. The smallest absolute Gasteiger partial charge is 0.326 e. The summed E-state index contributed by atoms with van der Waals surface area (Å²) in [6, 6.07) is 6.41. The molecule has 0 spiro atoms. The van der Waals surface area contributed by atoms with Crippen molar-refractivity contribution in [1.82, 2.24) is 9.80 Å². The van der Waals surface area contributed by atoms with Crippen LogP contribution in [0.15, 0.2) is 24.3 Å². The van der Waals surface area contributed by atoms with Crippen molar-refractivity contribution >= 4 is 12.0 Å². The van der Waals surface area contributed by atoms with E-state index in [1.54, 1.807) is 7.05 Å². The Labute approximate surface area is 123 Å². The molecule has 2 rings (SSSR count). The van der Waals surface area contributed by atoms with Crippen LogP contribution in [0.3, 0.4) is 0 Å². The number of amides is 2. The van der Waals surface area contributed by atoms with Crippen LogP contribution in [0.4, 0.5) is 4.79 Å². The summed E-state index contributed by atoms with van der Waals surface area (Å²) in [6.45, 7) is 2.44. The first kappa shape index (κ1) is 15.3. The topological polar surface area (TPSA) is 81.1 Å². The Morgan fingerprint density at radius 1 is 1.38 bits per heavy atom. The summed E-state index contributed by atoms with van der Waals surface area (Å²) >= 11 is 0. The lowest BCUT2D eigenvalue weighted by Crippen LogP contribution is -2.46. The van der Waals surface area contributed by atoms with Gasteiger partial charge in [0.2, 0.25) is 0 Å². The predicted molar refractivity (Wildman–Crippen MR) is 76.8 cm³/mol. The maximum atomic E-state index is 12.4. The minimum atomic E-state index is -1.08. The molecule has 0 unspecified atom stereocenters. The number of β-amino-alcohol motifs (C(OH)–C–C–N with tert-alkyl or cyclic N) is 1. The first-order valence-corrected chi connectivity index (χ1v) is 6.87. The molecule has 1 aliphatic heterocycles. The van der Waals surface area contributed by atoms with Crippen LogP contribution >= 0.6 is 0 Å². The van der Waals surface area contributed by atoms with Crippen LogP contribution in [0, 0.1) is 6.92 Å². The number of aliphatic carboxylic acids is 1. The van der Waals surface area contributed by atoms with E-state index in [-0.39, 0.29) is 19.0 Å². The summed E-state index contributed by atoms with van der Waals surface area (Å²) < 4.78 is 0. The second-order valence-electron chi connectivity index (χ2n) is 5.46. The van der Waals surface area contributed by atoms with Crippen LogP contribution in [0.5, 0.6) is 0 Å². The molecule has 0 saturated carbocycles. The largest absolute Gasteiger partial charge is 0.480 e. The van der Waals surface area contributed by atoms with Gasteiger partial charge in [-0.05, 0) is 18.1 Å². The highest BCUT2D eigenvalue weighted by molar-refractivity contribution is 5.83. The van der Waals surface area contributed by atoms with Gasteiger partial charge in [0, 0.05) is 26.6 Å². The Bertz CT molecular complexity index is 546. The molecule has 1 saturated heterocycles. The first-order chi connectivity index (χ1) is 9.90. The van der Waals surface area contributed by atoms with Crippen LogP contribution in [0.25, 0.3) is 0 Å². The van der Waals surface area contributed by atoms with Crippen molar-refractivity contribution in [2.75, 3.05) is 13.6 Å². The maximum absolute atomic E-state index is 12.4. The molecule has 6 heteroatoms. The fourth-order valence-corrected chi connectivity index (χ4v) is 2.59. The highest BCUT2D eigenvalue weighted by Crippen LogP contribution is 2.20. The Morgan fingerprint density at radius 2 is 2.05 bits per heavy atom. The highest BCUT2D eigenvalue weighted by Gasteiger charge is 2.40. The molecule has 1 aliphatic rings. The molecular formula is C15H20N2O4. The molecule has 0 aliphatic carbocycles. The molecule has 114 valence electrons. The number of carbonyl (C=O) groups is 2. The number of carbonyl (C=O) groups excluding carboxylic acids is 1. The second kappa shape index (κ2) is 6.13. The Morgan fingerprint density at radius 3 is 2.67 bits per heavy atom. The molecule has 1 aromatic carbocycles. The van der Waals surface area contributed by atoms with Crippen LogP contribution in [0.1, 0.15) is 17.5 Å². The van der Waals surface area contributed by atoms with E-state index in [1.165, 1.54) is 9.80 Å². The van der Waals surface area contributed by atoms with Gasteiger partial charge >= 0.3 is 12.0 Å². The van der Waals surface area contributed by atoms with Crippen molar-refractivity contribution in [3.63, 3.8) is 0 Å². The predicted octanol–water partition coefficient (Wildman–Crippen LogP) is 1.07. The fraction of sp³-hybridized carbons (Fsp3) is 0.467. The lowest BCUT2D eigenvalue weighted by Gasteiger charge is -2.27. The molecular weight excluding hydrogens is 272 g/mol. The van der Waals surface area contributed by atoms with Crippen molar-refractivity contribution in [2.45, 2.75) is 32.0 Å². The van der Waals surface area contributed by atoms with Gasteiger partial charge in [0.05, 0.1) is 6.10 Å². The molecule has 0 aromatic heterocycles. The van der Waals surface area contributed by atoms with E-state index in [0.29, 0.717) is 6.54 Å². The monoisotopic (exact) mass is 292 g/mol. The zero-order chi connectivity index (χ0) is 15.6. The molecule has 0 bridgehead atoms. The van der Waals surface area contributed by atoms with E-state index in [0.717, 1.165) is 11.1 Å². The highest BCUT2D eigenvalue weighted by atomic mass is 16.4. The van der Waals surface area contributed by atoms with Crippen LogP contribution in [0.2, 0.25) is 0 Å². The molecule has 1 aromatic rings. The molecule has 21 heavy (non-hydrogen) atoms. The number of benzene rings is 1. The number of aliphatic hydroxyl groups excluding tert-OH is 1. The number of carboxylic acid groups (broad SMARTS) is 1. The molecule has 2 amide bonds. The van der Waals surface area contributed by atoms with E-state index in [2.05, 4.69) is 0 Å². The summed E-state index contributed by atoms with van der Waals surface area (Å²) in [5, 5.41) is 18.8. The zero-order valence-corrected chi connectivity index (χ0v) is 12.2. The Hall–Kier alpha value is -2.08. The van der Waals surface area contributed by atoms with Crippen molar-refractivity contribution < 1.29 is 19.8 Å². The number of nitrogens with zero attached hydrogens (tertiary/aromatic N) is 2. The molecule has 1 fully saturated rings. The average molecular weight is 292 g/mol. The van der Waals surface area contributed by atoms with E-state index in [1.807, 2.05) is 31.2 Å². The van der Waals surface area contributed by atoms with Crippen molar-refractivity contribution in [2.24, 2.45) is 0 Å². The molecule has 2 atom stereocenters. The minimum Gasteiger partial charge on any atom is -0.480 e. The average Bonchev–Trinajstić information content (AvgIpc) is 2.82. The zero-order valence-electron chi connectivity index (χ0n) is 12.2. The normalized spacial score (nSPS) is 21.4. The first-order valence-electron chi connectivity index (χ1n) is 6.87. The number of aryl methyl sites for hydroxylation is 1. The van der Waals surface area contributed by atoms with Gasteiger partial charge in [-0.15, -0.1) is 0 Å². The van der Waals surface area contributed by atoms with Gasteiger partial charge in [0.25, 0.3) is 0 Å². The summed E-state index contributed by atoms with van der Waals surface area (Å²) in [7, 11) is 1.64. The van der Waals surface area contributed by atoms with Gasteiger partial charge in [-0.1, -0.05) is 24.3 Å². The number of hydrogen-bond acceptors (Lipinski definition) is 3. The fourth-order valence-electron chi connectivity index (χ4n) is 2.59. The standard InChI is InChI=1S/C15H20N2O4/c1-10-5-3-4-6-11(10)8-16(2)15(21)17-9-12(18)7-13(17)14(19)20/h3-6,12-13,18H,7-9H2,1-2H3,(H,19,20)/t12-,13-/m1/s1. The quantitative estimate of drug-likeness (QED) is 0.873. The number of urea groups is 1. The summed E-state index contributed by atoms with van der Waals surface area (Å²) in [5.41, 5.74) is 2.09.